The number of carboxylic acid groups (broad SMARTS) is 1. The number of rotatable bonds is 9. The van der Waals surface area contributed by atoms with E-state index in [1.54, 1.807) is 0 Å². The van der Waals surface area contributed by atoms with Gasteiger partial charge in [0.25, 0.3) is 0 Å². The van der Waals surface area contributed by atoms with Gasteiger partial charge >= 0.3 is 5.97 Å². The van der Waals surface area contributed by atoms with Gasteiger partial charge in [0.05, 0.1) is 12.3 Å². The predicted octanol–water partition coefficient (Wildman–Crippen LogP) is 5.90. The van der Waals surface area contributed by atoms with Gasteiger partial charge in [-0.25, -0.2) is 9.78 Å². The largest absolute Gasteiger partial charge is 0.493 e. The highest BCUT2D eigenvalue weighted by Crippen LogP contribution is 2.27. The number of oxazole rings is 1. The maximum atomic E-state index is 11.4. The van der Waals surface area contributed by atoms with Gasteiger partial charge in [-0.15, -0.1) is 11.8 Å². The quantitative estimate of drug-likeness (QED) is 0.307. The van der Waals surface area contributed by atoms with E-state index in [9.17, 15) is 9.90 Å². The van der Waals surface area contributed by atoms with Gasteiger partial charge in [0.15, 0.2) is 5.37 Å². The molecule has 2 heterocycles. The summed E-state index contributed by atoms with van der Waals surface area (Å²) in [6.45, 7) is 3.83. The van der Waals surface area contributed by atoms with Crippen LogP contribution >= 0.6 is 11.8 Å². The standard InChI is InChI=1S/C29H28N2O4S/c1-20-26(30-27(35-20)24-11-9-23(10-12-24)22-5-3-2-4-6-22)15-17-34-25-13-7-21(8-14-25)19-31-16-18-36-28(31)29(32)33/h2-14,28H,15-19H2,1H3,(H,32,33). The van der Waals surface area contributed by atoms with Crippen molar-refractivity contribution >= 4 is 17.7 Å². The monoisotopic (exact) mass is 500 g/mol. The van der Waals surface area contributed by atoms with Crippen molar-refractivity contribution in [1.29, 1.82) is 0 Å². The zero-order valence-electron chi connectivity index (χ0n) is 20.1. The van der Waals surface area contributed by atoms with Crippen LogP contribution in [-0.4, -0.2) is 45.2 Å². The van der Waals surface area contributed by atoms with E-state index in [0.717, 1.165) is 46.2 Å². The van der Waals surface area contributed by atoms with Crippen LogP contribution < -0.4 is 4.74 Å². The molecule has 5 rings (SSSR count). The molecule has 0 bridgehead atoms. The average molecular weight is 501 g/mol. The van der Waals surface area contributed by atoms with E-state index in [0.29, 0.717) is 25.5 Å². The number of hydrogen-bond donors (Lipinski definition) is 1. The van der Waals surface area contributed by atoms with Crippen molar-refractivity contribution in [2.45, 2.75) is 25.3 Å². The van der Waals surface area contributed by atoms with E-state index in [1.165, 1.54) is 17.3 Å². The number of ether oxygens (including phenoxy) is 1. The Morgan fingerprint density at radius 2 is 1.72 bits per heavy atom. The number of thioether (sulfide) groups is 1. The summed E-state index contributed by atoms with van der Waals surface area (Å²) in [4.78, 5) is 18.1. The molecule has 3 aromatic carbocycles. The maximum absolute atomic E-state index is 11.4. The Morgan fingerprint density at radius 3 is 2.44 bits per heavy atom. The SMILES string of the molecule is Cc1oc(-c2ccc(-c3ccccc3)cc2)nc1CCOc1ccc(CN2CCSC2C(=O)O)cc1. The highest BCUT2D eigenvalue weighted by Gasteiger charge is 2.30. The predicted molar refractivity (Wildman–Crippen MR) is 142 cm³/mol. The van der Waals surface area contributed by atoms with Crippen molar-refractivity contribution in [3.63, 3.8) is 0 Å². The number of carbonyl (C=O) groups is 1. The van der Waals surface area contributed by atoms with Crippen LogP contribution in [0.15, 0.2) is 83.3 Å². The van der Waals surface area contributed by atoms with E-state index < -0.39 is 11.3 Å². The highest BCUT2D eigenvalue weighted by atomic mass is 32.2. The molecule has 0 radical (unpaired) electrons. The molecule has 1 aliphatic rings. The third-order valence-electron chi connectivity index (χ3n) is 6.25. The number of aromatic nitrogens is 1. The van der Waals surface area contributed by atoms with Crippen LogP contribution in [0, 0.1) is 6.92 Å². The molecule has 0 aliphatic carbocycles. The van der Waals surface area contributed by atoms with Gasteiger partial charge in [0, 0.05) is 30.8 Å². The van der Waals surface area contributed by atoms with Gasteiger partial charge in [-0.3, -0.25) is 4.90 Å². The first-order valence-corrected chi connectivity index (χ1v) is 13.0. The lowest BCUT2D eigenvalue weighted by Gasteiger charge is -2.20. The van der Waals surface area contributed by atoms with Crippen molar-refractivity contribution in [2.75, 3.05) is 18.9 Å². The highest BCUT2D eigenvalue weighted by molar-refractivity contribution is 8.00. The van der Waals surface area contributed by atoms with Crippen LogP contribution in [0.5, 0.6) is 5.75 Å². The summed E-state index contributed by atoms with van der Waals surface area (Å²) in [7, 11) is 0. The molecule has 1 aliphatic heterocycles. The van der Waals surface area contributed by atoms with Crippen LogP contribution in [0.25, 0.3) is 22.6 Å². The molecule has 184 valence electrons. The summed E-state index contributed by atoms with van der Waals surface area (Å²) < 4.78 is 11.9. The van der Waals surface area contributed by atoms with Crippen molar-refractivity contribution in [1.82, 2.24) is 9.88 Å². The van der Waals surface area contributed by atoms with Crippen LogP contribution in [-0.2, 0) is 17.8 Å². The Morgan fingerprint density at radius 1 is 1.03 bits per heavy atom. The van der Waals surface area contributed by atoms with Crippen molar-refractivity contribution in [2.24, 2.45) is 0 Å². The first kappa shape index (κ1) is 24.2. The normalized spacial score (nSPS) is 15.8. The first-order valence-electron chi connectivity index (χ1n) is 12.0. The molecule has 0 spiro atoms. The van der Waals surface area contributed by atoms with E-state index in [4.69, 9.17) is 14.1 Å². The third-order valence-corrected chi connectivity index (χ3v) is 7.48. The molecule has 36 heavy (non-hydrogen) atoms. The van der Waals surface area contributed by atoms with E-state index in [2.05, 4.69) is 24.3 Å². The number of carboxylic acids is 1. The molecule has 1 N–H and O–H groups in total. The minimum Gasteiger partial charge on any atom is -0.493 e. The Bertz CT molecular complexity index is 1300. The van der Waals surface area contributed by atoms with Crippen LogP contribution in [0.3, 0.4) is 0 Å². The second-order valence-corrected chi connectivity index (χ2v) is 9.93. The molecule has 1 unspecified atom stereocenters. The molecule has 1 atom stereocenters. The average Bonchev–Trinajstić information content (AvgIpc) is 3.52. The fourth-order valence-corrected chi connectivity index (χ4v) is 5.40. The second-order valence-electron chi connectivity index (χ2n) is 8.74. The molecule has 7 heteroatoms. The second kappa shape index (κ2) is 11.0. The first-order chi connectivity index (χ1) is 17.6. The summed E-state index contributed by atoms with van der Waals surface area (Å²) in [5.74, 6) is 2.27. The molecular weight excluding hydrogens is 472 g/mol. The molecular formula is C29H28N2O4S. The maximum Gasteiger partial charge on any atom is 0.331 e. The minimum absolute atomic E-state index is 0.460. The van der Waals surface area contributed by atoms with Gasteiger partial charge in [-0.2, -0.15) is 0 Å². The van der Waals surface area contributed by atoms with E-state index >= 15 is 0 Å². The number of aliphatic carboxylic acids is 1. The Balaban J connectivity index is 1.15. The van der Waals surface area contributed by atoms with Gasteiger partial charge in [-0.05, 0) is 47.9 Å². The lowest BCUT2D eigenvalue weighted by atomic mass is 10.0. The van der Waals surface area contributed by atoms with Crippen LogP contribution in [0.4, 0.5) is 0 Å². The van der Waals surface area contributed by atoms with Gasteiger partial charge in [-0.1, -0.05) is 54.6 Å². The number of benzene rings is 3. The summed E-state index contributed by atoms with van der Waals surface area (Å²) >= 11 is 1.48. The Labute approximate surface area is 214 Å². The summed E-state index contributed by atoms with van der Waals surface area (Å²) in [6, 6.07) is 26.4. The molecule has 0 saturated carbocycles. The zero-order chi connectivity index (χ0) is 24.9. The van der Waals surface area contributed by atoms with Crippen molar-refractivity contribution in [3.05, 3.63) is 95.9 Å². The molecule has 6 nitrogen and oxygen atoms in total. The number of hydrogen-bond acceptors (Lipinski definition) is 6. The van der Waals surface area contributed by atoms with Gasteiger partial charge in [0.2, 0.25) is 5.89 Å². The summed E-state index contributed by atoms with van der Waals surface area (Å²) in [5, 5.41) is 8.88. The third kappa shape index (κ3) is 5.64. The van der Waals surface area contributed by atoms with E-state index in [1.807, 2.05) is 66.4 Å². The van der Waals surface area contributed by atoms with Gasteiger partial charge < -0.3 is 14.3 Å². The molecule has 4 aromatic rings. The van der Waals surface area contributed by atoms with Crippen LogP contribution in [0.1, 0.15) is 17.0 Å². The van der Waals surface area contributed by atoms with E-state index in [-0.39, 0.29) is 0 Å². The molecule has 1 aromatic heterocycles. The summed E-state index contributed by atoms with van der Waals surface area (Å²) in [5.41, 5.74) is 5.25. The van der Waals surface area contributed by atoms with Crippen LogP contribution in [0.2, 0.25) is 0 Å². The van der Waals surface area contributed by atoms with Crippen molar-refractivity contribution in [3.8, 4) is 28.3 Å². The lowest BCUT2D eigenvalue weighted by Crippen LogP contribution is -2.33. The fraction of sp³-hybridized carbons (Fsp3) is 0.241. The Kier molecular flexibility index (Phi) is 7.39. The Hall–Kier alpha value is -3.55. The smallest absolute Gasteiger partial charge is 0.331 e. The van der Waals surface area contributed by atoms with Gasteiger partial charge in [0.1, 0.15) is 11.5 Å². The topological polar surface area (TPSA) is 75.8 Å². The number of aryl methyl sites for hydroxylation is 1. The molecule has 0 amide bonds. The molecule has 1 saturated heterocycles. The summed E-state index contributed by atoms with van der Waals surface area (Å²) in [6.07, 6.45) is 0.643. The van der Waals surface area contributed by atoms with Crippen molar-refractivity contribution < 1.29 is 19.1 Å². The number of nitrogens with zero attached hydrogens (tertiary/aromatic N) is 2. The molecule has 1 fully saturated rings. The lowest BCUT2D eigenvalue weighted by molar-refractivity contribution is -0.139. The minimum atomic E-state index is -0.770. The fourth-order valence-electron chi connectivity index (χ4n) is 4.30. The zero-order valence-corrected chi connectivity index (χ0v) is 20.9.